The zero-order chi connectivity index (χ0) is 12.1. The van der Waals surface area contributed by atoms with Gasteiger partial charge in [0.2, 0.25) is 0 Å². The highest BCUT2D eigenvalue weighted by Gasteiger charge is 2.24. The minimum absolute atomic E-state index is 0.263. The maximum Gasteiger partial charge on any atom is 0.259 e. The summed E-state index contributed by atoms with van der Waals surface area (Å²) in [7, 11) is 2.86. The van der Waals surface area contributed by atoms with Gasteiger partial charge < -0.3 is 9.47 Å². The van der Waals surface area contributed by atoms with Crippen LogP contribution in [0.4, 0.5) is 8.78 Å². The molecule has 0 radical (unpaired) electrons. The van der Waals surface area contributed by atoms with E-state index in [0.717, 1.165) is 0 Å². The van der Waals surface area contributed by atoms with Crippen LogP contribution in [-0.2, 0) is 0 Å². The Balaban J connectivity index is 3.15. The molecule has 0 heterocycles. The number of ether oxygens (including phenoxy) is 2. The summed E-state index contributed by atoms with van der Waals surface area (Å²) in [5.74, 6) is 5.90. The van der Waals surface area contributed by atoms with Gasteiger partial charge in [0, 0.05) is 5.56 Å². The maximum atomic E-state index is 12.7. The van der Waals surface area contributed by atoms with E-state index >= 15 is 0 Å². The molecule has 4 nitrogen and oxygen atoms in total. The van der Waals surface area contributed by atoms with Gasteiger partial charge in [-0.25, -0.2) is 14.2 Å². The summed E-state index contributed by atoms with van der Waals surface area (Å²) in [6.45, 7) is 0. The van der Waals surface area contributed by atoms with Gasteiger partial charge in [-0.15, -0.1) is 0 Å². The van der Waals surface area contributed by atoms with E-state index in [1.54, 1.807) is 12.1 Å². The SMILES string of the molecule is COc1ccc(OC)c(C(NN)C(F)F)c1. The molecule has 16 heavy (non-hydrogen) atoms. The predicted octanol–water partition coefficient (Wildman–Crippen LogP) is 1.47. The van der Waals surface area contributed by atoms with Crippen molar-refractivity contribution in [2.24, 2.45) is 5.84 Å². The van der Waals surface area contributed by atoms with Crippen LogP contribution in [0.1, 0.15) is 11.6 Å². The molecule has 0 aliphatic heterocycles. The number of methoxy groups -OCH3 is 2. The first-order valence-corrected chi connectivity index (χ1v) is 4.60. The quantitative estimate of drug-likeness (QED) is 0.596. The lowest BCUT2D eigenvalue weighted by molar-refractivity contribution is 0.0972. The zero-order valence-corrected chi connectivity index (χ0v) is 9.04. The molecule has 1 rings (SSSR count). The number of halogens is 2. The summed E-state index contributed by atoms with van der Waals surface area (Å²) < 4.78 is 35.3. The van der Waals surface area contributed by atoms with Gasteiger partial charge in [0.1, 0.15) is 17.5 Å². The molecule has 0 aliphatic rings. The van der Waals surface area contributed by atoms with Crippen LogP contribution in [-0.4, -0.2) is 20.6 Å². The summed E-state index contributed by atoms with van der Waals surface area (Å²) in [5.41, 5.74) is 2.32. The van der Waals surface area contributed by atoms with Gasteiger partial charge in [-0.2, -0.15) is 0 Å². The fourth-order valence-electron chi connectivity index (χ4n) is 1.38. The van der Waals surface area contributed by atoms with Crippen molar-refractivity contribution in [3.05, 3.63) is 23.8 Å². The average Bonchev–Trinajstić information content (AvgIpc) is 2.29. The van der Waals surface area contributed by atoms with E-state index in [1.807, 2.05) is 0 Å². The minimum atomic E-state index is -2.63. The Hall–Kier alpha value is -1.40. The van der Waals surface area contributed by atoms with E-state index in [1.165, 1.54) is 20.3 Å². The van der Waals surface area contributed by atoms with Crippen LogP contribution in [0.5, 0.6) is 11.5 Å². The Morgan fingerprint density at radius 1 is 1.25 bits per heavy atom. The lowest BCUT2D eigenvalue weighted by Crippen LogP contribution is -2.33. The number of nitrogens with one attached hydrogen (secondary N) is 1. The molecular weight excluding hydrogens is 218 g/mol. The van der Waals surface area contributed by atoms with Gasteiger partial charge in [0.25, 0.3) is 6.43 Å². The van der Waals surface area contributed by atoms with Crippen molar-refractivity contribution in [3.63, 3.8) is 0 Å². The van der Waals surface area contributed by atoms with Crippen molar-refractivity contribution in [2.75, 3.05) is 14.2 Å². The summed E-state index contributed by atoms with van der Waals surface area (Å²) in [4.78, 5) is 0. The second-order valence-corrected chi connectivity index (χ2v) is 3.09. The van der Waals surface area contributed by atoms with E-state index < -0.39 is 12.5 Å². The molecule has 0 amide bonds. The molecule has 3 N–H and O–H groups in total. The van der Waals surface area contributed by atoms with Crippen LogP contribution >= 0.6 is 0 Å². The Morgan fingerprint density at radius 3 is 2.38 bits per heavy atom. The normalized spacial score (nSPS) is 12.6. The molecule has 1 atom stereocenters. The van der Waals surface area contributed by atoms with Crippen LogP contribution in [0.15, 0.2) is 18.2 Å². The molecule has 0 saturated carbocycles. The first kappa shape index (κ1) is 12.7. The van der Waals surface area contributed by atoms with E-state index in [0.29, 0.717) is 11.5 Å². The first-order chi connectivity index (χ1) is 7.63. The number of hydrogen-bond acceptors (Lipinski definition) is 4. The molecule has 1 aromatic rings. The fraction of sp³-hybridized carbons (Fsp3) is 0.400. The van der Waals surface area contributed by atoms with Crippen molar-refractivity contribution >= 4 is 0 Å². The summed E-state index contributed by atoms with van der Waals surface area (Å²) in [6.07, 6.45) is -2.63. The average molecular weight is 232 g/mol. The van der Waals surface area contributed by atoms with Crippen molar-refractivity contribution in [2.45, 2.75) is 12.5 Å². The molecular formula is C10H14F2N2O2. The van der Waals surface area contributed by atoms with Crippen LogP contribution < -0.4 is 20.7 Å². The number of rotatable bonds is 5. The Morgan fingerprint density at radius 2 is 1.94 bits per heavy atom. The van der Waals surface area contributed by atoms with Crippen LogP contribution in [0.3, 0.4) is 0 Å². The topological polar surface area (TPSA) is 56.5 Å². The third-order valence-electron chi connectivity index (χ3n) is 2.20. The van der Waals surface area contributed by atoms with E-state index in [9.17, 15) is 8.78 Å². The molecule has 6 heteroatoms. The standard InChI is InChI=1S/C10H14F2N2O2/c1-15-6-3-4-8(16-2)7(5-6)9(14-13)10(11)12/h3-5,9-10,14H,13H2,1-2H3. The highest BCUT2D eigenvalue weighted by Crippen LogP contribution is 2.31. The third-order valence-corrected chi connectivity index (χ3v) is 2.20. The van der Waals surface area contributed by atoms with Crippen molar-refractivity contribution in [3.8, 4) is 11.5 Å². The highest BCUT2D eigenvalue weighted by atomic mass is 19.3. The molecule has 0 spiro atoms. The molecule has 1 aromatic carbocycles. The summed E-state index contributed by atoms with van der Waals surface area (Å²) in [6, 6.07) is 3.36. The molecule has 0 aliphatic carbocycles. The van der Waals surface area contributed by atoms with Crippen LogP contribution in [0, 0.1) is 0 Å². The molecule has 90 valence electrons. The maximum absolute atomic E-state index is 12.7. The smallest absolute Gasteiger partial charge is 0.259 e. The Bertz CT molecular complexity index is 348. The number of alkyl halides is 2. The van der Waals surface area contributed by atoms with Gasteiger partial charge >= 0.3 is 0 Å². The summed E-state index contributed by atoms with van der Waals surface area (Å²) in [5, 5.41) is 0. The third kappa shape index (κ3) is 2.59. The van der Waals surface area contributed by atoms with Gasteiger partial charge in [-0.3, -0.25) is 5.84 Å². The second kappa shape index (κ2) is 5.62. The van der Waals surface area contributed by atoms with Gasteiger partial charge in [0.15, 0.2) is 0 Å². The number of hydrogen-bond donors (Lipinski definition) is 2. The van der Waals surface area contributed by atoms with Gasteiger partial charge in [-0.05, 0) is 18.2 Å². The lowest BCUT2D eigenvalue weighted by Gasteiger charge is -2.18. The van der Waals surface area contributed by atoms with Crippen LogP contribution in [0.2, 0.25) is 0 Å². The largest absolute Gasteiger partial charge is 0.497 e. The van der Waals surface area contributed by atoms with Gasteiger partial charge in [0.05, 0.1) is 14.2 Å². The summed E-state index contributed by atoms with van der Waals surface area (Å²) >= 11 is 0. The molecule has 1 unspecified atom stereocenters. The molecule has 0 saturated heterocycles. The van der Waals surface area contributed by atoms with E-state index in [2.05, 4.69) is 5.43 Å². The molecule has 0 fully saturated rings. The van der Waals surface area contributed by atoms with E-state index in [4.69, 9.17) is 15.3 Å². The molecule has 0 bridgehead atoms. The second-order valence-electron chi connectivity index (χ2n) is 3.09. The zero-order valence-electron chi connectivity index (χ0n) is 9.04. The fourth-order valence-corrected chi connectivity index (χ4v) is 1.38. The number of nitrogens with two attached hydrogens (primary N) is 1. The minimum Gasteiger partial charge on any atom is -0.497 e. The van der Waals surface area contributed by atoms with E-state index in [-0.39, 0.29) is 5.56 Å². The number of hydrazine groups is 1. The number of benzene rings is 1. The van der Waals surface area contributed by atoms with Gasteiger partial charge in [-0.1, -0.05) is 0 Å². The predicted molar refractivity (Wildman–Crippen MR) is 55.6 cm³/mol. The Labute approximate surface area is 92.3 Å². The van der Waals surface area contributed by atoms with Crippen molar-refractivity contribution < 1.29 is 18.3 Å². The van der Waals surface area contributed by atoms with Crippen molar-refractivity contribution in [1.29, 1.82) is 0 Å². The highest BCUT2D eigenvalue weighted by molar-refractivity contribution is 5.42. The van der Waals surface area contributed by atoms with Crippen molar-refractivity contribution in [1.82, 2.24) is 5.43 Å². The first-order valence-electron chi connectivity index (χ1n) is 4.60. The Kier molecular flexibility index (Phi) is 4.45. The monoisotopic (exact) mass is 232 g/mol. The molecule has 0 aromatic heterocycles. The van der Waals surface area contributed by atoms with Crippen LogP contribution in [0.25, 0.3) is 0 Å². The lowest BCUT2D eigenvalue weighted by atomic mass is 10.1.